The number of carbonyl (C=O) groups is 1. The van der Waals surface area contributed by atoms with E-state index in [-0.39, 0.29) is 54.6 Å². The summed E-state index contributed by atoms with van der Waals surface area (Å²) in [6, 6.07) is 17.1. The minimum absolute atomic E-state index is 0.0196. The minimum Gasteiger partial charge on any atom is -0.493 e. The molecule has 5 rings (SSSR count). The summed E-state index contributed by atoms with van der Waals surface area (Å²) in [5.41, 5.74) is 2.00. The predicted octanol–water partition coefficient (Wildman–Crippen LogP) is 6.44. The van der Waals surface area contributed by atoms with Gasteiger partial charge in [0.2, 0.25) is 0 Å². The number of likely N-dealkylation sites (tertiary alicyclic amines) is 1. The predicted molar refractivity (Wildman–Crippen MR) is 198 cm³/mol. The van der Waals surface area contributed by atoms with E-state index in [9.17, 15) is 34.2 Å². The summed E-state index contributed by atoms with van der Waals surface area (Å²) in [5, 5.41) is 41.4. The second-order valence-electron chi connectivity index (χ2n) is 13.4. The van der Waals surface area contributed by atoms with Crippen LogP contribution in [0.5, 0.6) is 17.2 Å². The Balaban J connectivity index is 1.36. The topological polar surface area (TPSA) is 157 Å². The average molecular weight is 765 g/mol. The van der Waals surface area contributed by atoms with Crippen molar-refractivity contribution in [1.29, 1.82) is 5.26 Å². The Hall–Kier alpha value is -4.84. The zero-order chi connectivity index (χ0) is 38.8. The Labute approximate surface area is 317 Å². The molecule has 54 heavy (non-hydrogen) atoms. The van der Waals surface area contributed by atoms with Crippen molar-refractivity contribution in [2.75, 3.05) is 32.8 Å². The summed E-state index contributed by atoms with van der Waals surface area (Å²) in [4.78, 5) is 18.0. The molecule has 2 atom stereocenters. The van der Waals surface area contributed by atoms with Gasteiger partial charge in [0.05, 0.1) is 35.5 Å². The lowest BCUT2D eigenvalue weighted by Crippen LogP contribution is -2.52. The minimum atomic E-state index is -2.79. The number of ether oxygens (including phenoxy) is 3. The van der Waals surface area contributed by atoms with E-state index >= 15 is 0 Å². The number of pyridine rings is 1. The van der Waals surface area contributed by atoms with E-state index in [0.717, 1.165) is 24.1 Å². The molecule has 4 N–H and O–H groups in total. The summed E-state index contributed by atoms with van der Waals surface area (Å²) in [6.07, 6.45) is 1.23. The van der Waals surface area contributed by atoms with Crippen LogP contribution in [-0.2, 0) is 24.6 Å². The Kier molecular flexibility index (Phi) is 13.8. The number of aliphatic hydroxyl groups excluding tert-OH is 2. The number of aliphatic hydroxyl groups is 2. The van der Waals surface area contributed by atoms with Gasteiger partial charge in [0.25, 0.3) is 6.43 Å². The molecular formula is C40H43ClF2N4O7. The van der Waals surface area contributed by atoms with Crippen LogP contribution in [0.1, 0.15) is 59.6 Å². The first kappa shape index (κ1) is 40.3. The maximum absolute atomic E-state index is 14.6. The molecule has 0 bridgehead atoms. The van der Waals surface area contributed by atoms with Crippen molar-refractivity contribution in [3.8, 4) is 34.4 Å². The number of carboxylic acids is 1. The van der Waals surface area contributed by atoms with Crippen LogP contribution in [0.4, 0.5) is 8.78 Å². The molecule has 1 fully saturated rings. The summed E-state index contributed by atoms with van der Waals surface area (Å²) in [7, 11) is 0. The van der Waals surface area contributed by atoms with Gasteiger partial charge in [0.15, 0.2) is 0 Å². The SMILES string of the molecule is Cc1c(COc2cc(OCc3cncc(C#N)c3)c(CNC(C)(CO)C(=O)O)cc2Cl)cccc1-c1cccc(OCCCN2CC[C@@H](O)C2)c1C(F)F. The van der Waals surface area contributed by atoms with Gasteiger partial charge < -0.3 is 34.4 Å². The van der Waals surface area contributed by atoms with Gasteiger partial charge in [-0.15, -0.1) is 0 Å². The first-order valence-electron chi connectivity index (χ1n) is 17.5. The number of nitrogens with zero attached hydrogens (tertiary/aromatic N) is 3. The zero-order valence-electron chi connectivity index (χ0n) is 30.0. The number of rotatable bonds is 18. The second-order valence-corrected chi connectivity index (χ2v) is 13.8. The number of aromatic nitrogens is 1. The van der Waals surface area contributed by atoms with E-state index in [4.69, 9.17) is 25.8 Å². The van der Waals surface area contributed by atoms with Crippen molar-refractivity contribution >= 4 is 17.6 Å². The summed E-state index contributed by atoms with van der Waals surface area (Å²) in [6.45, 7) is 4.90. The van der Waals surface area contributed by atoms with Crippen molar-refractivity contribution < 1.29 is 43.1 Å². The van der Waals surface area contributed by atoms with Gasteiger partial charge in [-0.2, -0.15) is 5.26 Å². The first-order valence-corrected chi connectivity index (χ1v) is 17.8. The molecular weight excluding hydrogens is 722 g/mol. The summed E-state index contributed by atoms with van der Waals surface area (Å²) < 4.78 is 47.5. The molecule has 3 aromatic carbocycles. The van der Waals surface area contributed by atoms with Crippen molar-refractivity contribution in [3.63, 3.8) is 0 Å². The highest BCUT2D eigenvalue weighted by Crippen LogP contribution is 2.40. The molecule has 0 saturated carbocycles. The molecule has 286 valence electrons. The fourth-order valence-corrected chi connectivity index (χ4v) is 6.38. The summed E-state index contributed by atoms with van der Waals surface area (Å²) in [5.74, 6) is -0.571. The molecule has 1 aromatic heterocycles. The number of halogens is 3. The maximum atomic E-state index is 14.6. The molecule has 1 aliphatic heterocycles. The lowest BCUT2D eigenvalue weighted by Gasteiger charge is -2.25. The molecule has 0 radical (unpaired) electrons. The van der Waals surface area contributed by atoms with Crippen LogP contribution >= 0.6 is 11.6 Å². The standard InChI is InChI=1S/C40H43ClF2N4O7/c1-25-28(6-3-7-31(25)32-8-4-9-34(37(32)38(42)43)52-13-5-11-47-12-10-30(49)21-47)23-54-36-16-35(53-22-27-14-26(17-44)18-45-19-27)29(15-33(36)41)20-46-40(2,24-48)39(50)51/h3-4,6-9,14-16,18-19,30,38,46,48-49H,5,10-13,20-24H2,1-2H3,(H,50,51)/t30-,40?/m1/s1. The number of aliphatic carboxylic acids is 1. The van der Waals surface area contributed by atoms with Gasteiger partial charge in [-0.25, -0.2) is 8.78 Å². The Morgan fingerprint density at radius 2 is 1.83 bits per heavy atom. The molecule has 2 heterocycles. The van der Waals surface area contributed by atoms with E-state index in [2.05, 4.69) is 15.2 Å². The molecule has 0 spiro atoms. The number of nitriles is 1. The van der Waals surface area contributed by atoms with Gasteiger partial charge in [-0.1, -0.05) is 41.9 Å². The highest BCUT2D eigenvalue weighted by atomic mass is 35.5. The lowest BCUT2D eigenvalue weighted by atomic mass is 9.93. The molecule has 14 heteroatoms. The Bertz CT molecular complexity index is 1980. The number of carboxylic acid groups (broad SMARTS) is 1. The molecule has 1 aliphatic rings. The molecule has 0 aliphatic carbocycles. The number of alkyl halides is 2. The normalized spacial score (nSPS) is 15.5. The van der Waals surface area contributed by atoms with Gasteiger partial charge in [-0.05, 0) is 67.1 Å². The molecule has 4 aromatic rings. The van der Waals surface area contributed by atoms with E-state index < -0.39 is 24.5 Å². The zero-order valence-corrected chi connectivity index (χ0v) is 30.8. The molecule has 1 saturated heterocycles. The average Bonchev–Trinajstić information content (AvgIpc) is 3.59. The summed E-state index contributed by atoms with van der Waals surface area (Å²) >= 11 is 6.68. The molecule has 1 unspecified atom stereocenters. The van der Waals surface area contributed by atoms with Gasteiger partial charge >= 0.3 is 5.97 Å². The van der Waals surface area contributed by atoms with Crippen molar-refractivity contribution in [2.45, 2.75) is 64.5 Å². The fourth-order valence-electron chi connectivity index (χ4n) is 6.14. The Morgan fingerprint density at radius 1 is 1.07 bits per heavy atom. The van der Waals surface area contributed by atoms with Crippen molar-refractivity contribution in [1.82, 2.24) is 15.2 Å². The lowest BCUT2D eigenvalue weighted by molar-refractivity contribution is -0.145. The van der Waals surface area contributed by atoms with E-state index in [1.165, 1.54) is 13.1 Å². The third-order valence-corrected chi connectivity index (χ3v) is 9.71. The molecule has 0 amide bonds. The number of hydrogen-bond acceptors (Lipinski definition) is 10. The quantitative estimate of drug-likeness (QED) is 0.0827. The van der Waals surface area contributed by atoms with Crippen LogP contribution in [-0.4, -0.2) is 75.7 Å². The number of β-amino-alcohol motifs (C(OH)–C–C–N with tert-alkyl or cyclic N) is 1. The van der Waals surface area contributed by atoms with Crippen LogP contribution in [0.25, 0.3) is 11.1 Å². The second kappa shape index (κ2) is 18.5. The largest absolute Gasteiger partial charge is 0.493 e. The third-order valence-electron chi connectivity index (χ3n) is 9.42. The van der Waals surface area contributed by atoms with Gasteiger partial charge in [-0.3, -0.25) is 15.1 Å². The van der Waals surface area contributed by atoms with Crippen LogP contribution in [0.3, 0.4) is 0 Å². The number of nitrogens with one attached hydrogen (secondary N) is 1. The van der Waals surface area contributed by atoms with Crippen LogP contribution < -0.4 is 19.5 Å². The highest BCUT2D eigenvalue weighted by Gasteiger charge is 2.32. The van der Waals surface area contributed by atoms with Crippen molar-refractivity contribution in [3.05, 3.63) is 105 Å². The number of benzene rings is 3. The fraction of sp³-hybridized carbons (Fsp3) is 0.375. The number of hydrogen-bond donors (Lipinski definition) is 4. The third kappa shape index (κ3) is 10.0. The Morgan fingerprint density at radius 3 is 2.54 bits per heavy atom. The van der Waals surface area contributed by atoms with Gasteiger partial charge in [0.1, 0.15) is 42.1 Å². The smallest absolute Gasteiger partial charge is 0.326 e. The van der Waals surface area contributed by atoms with Crippen LogP contribution in [0.15, 0.2) is 67.0 Å². The maximum Gasteiger partial charge on any atom is 0.326 e. The van der Waals surface area contributed by atoms with E-state index in [1.807, 2.05) is 19.1 Å². The van der Waals surface area contributed by atoms with Gasteiger partial charge in [0, 0.05) is 55.8 Å². The first-order chi connectivity index (χ1) is 25.9. The van der Waals surface area contributed by atoms with E-state index in [1.54, 1.807) is 54.7 Å². The highest BCUT2D eigenvalue weighted by molar-refractivity contribution is 6.32. The van der Waals surface area contributed by atoms with Crippen LogP contribution in [0, 0.1) is 18.3 Å². The monoisotopic (exact) mass is 764 g/mol. The van der Waals surface area contributed by atoms with Crippen molar-refractivity contribution in [2.24, 2.45) is 0 Å². The van der Waals surface area contributed by atoms with E-state index in [0.29, 0.717) is 53.1 Å². The molecule has 11 nitrogen and oxygen atoms in total. The van der Waals surface area contributed by atoms with Crippen LogP contribution in [0.2, 0.25) is 5.02 Å².